The van der Waals surface area contributed by atoms with Gasteiger partial charge in [-0.2, -0.15) is 0 Å². The van der Waals surface area contributed by atoms with Crippen LogP contribution in [0.3, 0.4) is 0 Å². The molecule has 0 aliphatic rings. The monoisotopic (exact) mass is 300 g/mol. The second kappa shape index (κ2) is 5.97. The van der Waals surface area contributed by atoms with Gasteiger partial charge in [-0.25, -0.2) is 14.8 Å². The molecule has 0 amide bonds. The average molecular weight is 300 g/mol. The number of ether oxygens (including phenoxy) is 1. The van der Waals surface area contributed by atoms with E-state index < -0.39 is 5.97 Å². The van der Waals surface area contributed by atoms with Crippen molar-refractivity contribution in [3.63, 3.8) is 0 Å². The normalized spacial score (nSPS) is 10.7. The van der Waals surface area contributed by atoms with Crippen LogP contribution >= 0.6 is 11.8 Å². The Labute approximate surface area is 125 Å². The van der Waals surface area contributed by atoms with Crippen LogP contribution in [0.4, 0.5) is 0 Å². The van der Waals surface area contributed by atoms with E-state index in [1.165, 1.54) is 11.8 Å². The highest BCUT2D eigenvalue weighted by Gasteiger charge is 2.14. The smallest absolute Gasteiger partial charge is 0.341 e. The molecule has 6 heteroatoms. The number of esters is 1. The largest absolute Gasteiger partial charge is 0.452 e. The van der Waals surface area contributed by atoms with Gasteiger partial charge in [-0.05, 0) is 30.5 Å². The minimum absolute atomic E-state index is 0.00374. The maximum Gasteiger partial charge on any atom is 0.341 e. The van der Waals surface area contributed by atoms with E-state index >= 15 is 0 Å². The number of thioether (sulfide) groups is 1. The Bertz CT molecular complexity index is 752. The Morgan fingerprint density at radius 1 is 1.29 bits per heavy atom. The third-order valence-corrected chi connectivity index (χ3v) is 3.56. The molecule has 3 aromatic rings. The van der Waals surface area contributed by atoms with Gasteiger partial charge in [0.15, 0.2) is 12.2 Å². The van der Waals surface area contributed by atoms with Crippen molar-refractivity contribution in [2.24, 2.45) is 0 Å². The molecule has 0 saturated carbocycles. The Balaban J connectivity index is 1.73. The van der Waals surface area contributed by atoms with E-state index in [1.807, 2.05) is 30.5 Å². The van der Waals surface area contributed by atoms with Crippen molar-refractivity contribution in [1.29, 1.82) is 0 Å². The number of nitrogens with zero attached hydrogens (tertiary/aromatic N) is 2. The minimum Gasteiger partial charge on any atom is -0.452 e. The summed E-state index contributed by atoms with van der Waals surface area (Å²) in [5.74, 6) is -0.0613. The van der Waals surface area contributed by atoms with Crippen molar-refractivity contribution < 1.29 is 13.9 Å². The summed E-state index contributed by atoms with van der Waals surface area (Å²) in [7, 11) is 0. The van der Waals surface area contributed by atoms with E-state index in [4.69, 9.17) is 9.15 Å². The number of hydrogen-bond acceptors (Lipinski definition) is 6. The van der Waals surface area contributed by atoms with Gasteiger partial charge in [0.05, 0.1) is 5.56 Å². The third-order valence-electron chi connectivity index (χ3n) is 2.85. The van der Waals surface area contributed by atoms with Crippen molar-refractivity contribution in [2.75, 3.05) is 6.26 Å². The van der Waals surface area contributed by atoms with E-state index in [1.54, 1.807) is 18.3 Å². The summed E-state index contributed by atoms with van der Waals surface area (Å²) < 4.78 is 10.7. The second-order valence-corrected chi connectivity index (χ2v) is 5.01. The summed E-state index contributed by atoms with van der Waals surface area (Å²) >= 11 is 1.40. The van der Waals surface area contributed by atoms with Crippen LogP contribution in [0.2, 0.25) is 0 Å². The van der Waals surface area contributed by atoms with Gasteiger partial charge in [0.2, 0.25) is 5.89 Å². The minimum atomic E-state index is -0.435. The van der Waals surface area contributed by atoms with Gasteiger partial charge < -0.3 is 9.15 Å². The van der Waals surface area contributed by atoms with Gasteiger partial charge >= 0.3 is 5.97 Å². The molecule has 0 radical (unpaired) electrons. The van der Waals surface area contributed by atoms with E-state index in [0.717, 1.165) is 5.52 Å². The number of aromatic nitrogens is 2. The number of carbonyl (C=O) groups excluding carboxylic acids is 1. The number of para-hydroxylation sites is 2. The number of pyridine rings is 1. The number of hydrogen-bond donors (Lipinski definition) is 0. The molecule has 106 valence electrons. The van der Waals surface area contributed by atoms with Gasteiger partial charge in [-0.3, -0.25) is 0 Å². The fraction of sp³-hybridized carbons (Fsp3) is 0.133. The van der Waals surface area contributed by atoms with Gasteiger partial charge in [0.1, 0.15) is 10.5 Å². The topological polar surface area (TPSA) is 65.2 Å². The number of benzene rings is 1. The van der Waals surface area contributed by atoms with Crippen LogP contribution in [-0.2, 0) is 11.3 Å². The molecule has 3 rings (SSSR count). The number of carbonyl (C=O) groups is 1. The SMILES string of the molecule is CSc1ncccc1C(=O)OCc1nc2ccccc2o1. The zero-order valence-corrected chi connectivity index (χ0v) is 12.1. The maximum atomic E-state index is 12.1. The molecule has 2 heterocycles. The number of rotatable bonds is 4. The highest BCUT2D eigenvalue weighted by molar-refractivity contribution is 7.98. The van der Waals surface area contributed by atoms with Crippen molar-refractivity contribution in [3.8, 4) is 0 Å². The number of fused-ring (bicyclic) bond motifs is 1. The molecule has 0 saturated heterocycles. The predicted octanol–water partition coefficient (Wildman–Crippen LogP) is 3.30. The lowest BCUT2D eigenvalue weighted by atomic mass is 10.3. The molecule has 0 N–H and O–H groups in total. The van der Waals surface area contributed by atoms with Crippen LogP contribution in [0, 0.1) is 0 Å². The molecule has 1 aromatic carbocycles. The molecular formula is C15H12N2O3S. The van der Waals surface area contributed by atoms with Gasteiger partial charge in [-0.1, -0.05) is 12.1 Å². The summed E-state index contributed by atoms with van der Waals surface area (Å²) in [6.07, 6.45) is 3.50. The zero-order chi connectivity index (χ0) is 14.7. The first-order valence-electron chi connectivity index (χ1n) is 6.28. The Hall–Kier alpha value is -2.34. The Morgan fingerprint density at radius 2 is 2.14 bits per heavy atom. The van der Waals surface area contributed by atoms with Crippen LogP contribution in [-0.4, -0.2) is 22.2 Å². The third kappa shape index (κ3) is 2.90. The van der Waals surface area contributed by atoms with Crippen LogP contribution < -0.4 is 0 Å². The zero-order valence-electron chi connectivity index (χ0n) is 11.3. The summed E-state index contributed by atoms with van der Waals surface area (Å²) in [4.78, 5) is 20.5. The highest BCUT2D eigenvalue weighted by Crippen LogP contribution is 2.19. The Morgan fingerprint density at radius 3 is 2.95 bits per heavy atom. The maximum absolute atomic E-state index is 12.1. The fourth-order valence-electron chi connectivity index (χ4n) is 1.90. The standard InChI is InChI=1S/C15H12N2O3S/c1-21-14-10(5-4-8-16-14)15(18)19-9-13-17-11-6-2-3-7-12(11)20-13/h2-8H,9H2,1H3. The first-order valence-corrected chi connectivity index (χ1v) is 7.51. The number of oxazole rings is 1. The fourth-order valence-corrected chi connectivity index (χ4v) is 2.43. The van der Waals surface area contributed by atoms with Crippen LogP contribution in [0.15, 0.2) is 52.0 Å². The van der Waals surface area contributed by atoms with E-state index in [-0.39, 0.29) is 6.61 Å². The molecule has 2 aromatic heterocycles. The lowest BCUT2D eigenvalue weighted by molar-refractivity contribution is 0.0435. The van der Waals surface area contributed by atoms with Gasteiger partial charge in [0.25, 0.3) is 0 Å². The first kappa shape index (κ1) is 13.6. The summed E-state index contributed by atoms with van der Waals surface area (Å²) in [6, 6.07) is 10.8. The van der Waals surface area contributed by atoms with Crippen molar-refractivity contribution in [3.05, 3.63) is 54.0 Å². The van der Waals surface area contributed by atoms with Crippen molar-refractivity contribution >= 4 is 28.8 Å². The van der Waals surface area contributed by atoms with E-state index in [9.17, 15) is 4.79 Å². The van der Waals surface area contributed by atoms with Crippen LogP contribution in [0.5, 0.6) is 0 Å². The Kier molecular flexibility index (Phi) is 3.87. The predicted molar refractivity (Wildman–Crippen MR) is 79.1 cm³/mol. The molecule has 0 fully saturated rings. The summed E-state index contributed by atoms with van der Waals surface area (Å²) in [6.45, 7) is -0.00374. The lowest BCUT2D eigenvalue weighted by Gasteiger charge is -2.05. The molecule has 0 aliphatic carbocycles. The molecule has 0 unspecified atom stereocenters. The summed E-state index contributed by atoms with van der Waals surface area (Å²) in [5, 5.41) is 0.639. The molecule has 0 aliphatic heterocycles. The molecule has 0 bridgehead atoms. The molecule has 0 spiro atoms. The first-order chi connectivity index (χ1) is 10.3. The molecule has 21 heavy (non-hydrogen) atoms. The molecule has 5 nitrogen and oxygen atoms in total. The van der Waals surface area contributed by atoms with E-state index in [2.05, 4.69) is 9.97 Å². The van der Waals surface area contributed by atoms with Gasteiger partial charge in [0, 0.05) is 6.20 Å². The van der Waals surface area contributed by atoms with Crippen molar-refractivity contribution in [2.45, 2.75) is 11.6 Å². The average Bonchev–Trinajstić information content (AvgIpc) is 2.95. The van der Waals surface area contributed by atoms with E-state index in [0.29, 0.717) is 22.1 Å². The van der Waals surface area contributed by atoms with Crippen molar-refractivity contribution in [1.82, 2.24) is 9.97 Å². The molecular weight excluding hydrogens is 288 g/mol. The lowest BCUT2D eigenvalue weighted by Crippen LogP contribution is -2.07. The molecule has 0 atom stereocenters. The summed E-state index contributed by atoms with van der Waals surface area (Å²) in [5.41, 5.74) is 1.87. The van der Waals surface area contributed by atoms with Crippen LogP contribution in [0.1, 0.15) is 16.2 Å². The highest BCUT2D eigenvalue weighted by atomic mass is 32.2. The van der Waals surface area contributed by atoms with Crippen LogP contribution in [0.25, 0.3) is 11.1 Å². The quantitative estimate of drug-likeness (QED) is 0.544. The second-order valence-electron chi connectivity index (χ2n) is 4.21. The van der Waals surface area contributed by atoms with Gasteiger partial charge in [-0.15, -0.1) is 11.8 Å².